The van der Waals surface area contributed by atoms with Crippen molar-refractivity contribution in [3.05, 3.63) is 105 Å². The van der Waals surface area contributed by atoms with Gasteiger partial charge in [-0.2, -0.15) is 0 Å². The van der Waals surface area contributed by atoms with E-state index >= 15 is 0 Å². The number of non-ortho nitro benzene ring substituents is 1. The number of ether oxygens (including phenoxy) is 2. The quantitative estimate of drug-likeness (QED) is 0.311. The molecule has 142 valence electrons. The molecule has 0 fully saturated rings. The summed E-state index contributed by atoms with van der Waals surface area (Å²) < 4.78 is 10.9. The first kappa shape index (κ1) is 19.4. The number of carbonyl (C=O) groups is 1. The van der Waals surface area contributed by atoms with Crippen LogP contribution in [0.2, 0.25) is 5.02 Å². The number of para-hydroxylation sites is 1. The third-order valence-corrected chi connectivity index (χ3v) is 4.25. The molecule has 0 N–H and O–H groups in total. The fraction of sp³-hybridized carbons (Fsp3) is 0.0952. The zero-order valence-corrected chi connectivity index (χ0v) is 15.5. The Labute approximate surface area is 166 Å². The molecule has 0 aliphatic heterocycles. The molecule has 0 aromatic heterocycles. The molecule has 3 aromatic carbocycles. The fourth-order valence-corrected chi connectivity index (χ4v) is 2.60. The van der Waals surface area contributed by atoms with Crippen molar-refractivity contribution in [2.24, 2.45) is 0 Å². The van der Waals surface area contributed by atoms with E-state index < -0.39 is 10.9 Å². The number of benzene rings is 3. The monoisotopic (exact) mass is 397 g/mol. The molecule has 28 heavy (non-hydrogen) atoms. The number of rotatable bonds is 7. The second-order valence-electron chi connectivity index (χ2n) is 5.92. The number of esters is 1. The first-order valence-corrected chi connectivity index (χ1v) is 8.77. The van der Waals surface area contributed by atoms with E-state index in [2.05, 4.69) is 0 Å². The van der Waals surface area contributed by atoms with Crippen LogP contribution in [0, 0.1) is 10.1 Å². The summed E-state index contributed by atoms with van der Waals surface area (Å²) >= 11 is 6.05. The van der Waals surface area contributed by atoms with Crippen LogP contribution in [0.15, 0.2) is 72.8 Å². The lowest BCUT2D eigenvalue weighted by atomic mass is 10.1. The van der Waals surface area contributed by atoms with E-state index in [0.717, 1.165) is 5.56 Å². The standard InChI is InChI=1S/C21H16ClNO5/c22-19-3-1-2-4-20(19)27-13-15-5-9-17(10-6-15)21(24)28-14-16-7-11-18(12-8-16)23(25)26/h1-12H,13-14H2. The minimum atomic E-state index is -0.479. The zero-order chi connectivity index (χ0) is 19.9. The summed E-state index contributed by atoms with van der Waals surface area (Å²) in [6.07, 6.45) is 0. The second-order valence-corrected chi connectivity index (χ2v) is 6.32. The van der Waals surface area contributed by atoms with E-state index in [1.807, 2.05) is 12.1 Å². The lowest BCUT2D eigenvalue weighted by molar-refractivity contribution is -0.384. The minimum Gasteiger partial charge on any atom is -0.487 e. The van der Waals surface area contributed by atoms with Gasteiger partial charge in [0.05, 0.1) is 15.5 Å². The molecular formula is C21H16ClNO5. The molecule has 6 nitrogen and oxygen atoms in total. The maximum Gasteiger partial charge on any atom is 0.338 e. The Balaban J connectivity index is 1.53. The summed E-state index contributed by atoms with van der Waals surface area (Å²) in [5.74, 6) is 0.118. The van der Waals surface area contributed by atoms with Gasteiger partial charge in [-0.3, -0.25) is 10.1 Å². The van der Waals surface area contributed by atoms with Crippen molar-refractivity contribution >= 4 is 23.3 Å². The average molecular weight is 398 g/mol. The van der Waals surface area contributed by atoms with Gasteiger partial charge in [0.25, 0.3) is 5.69 Å². The van der Waals surface area contributed by atoms with Gasteiger partial charge in [0.15, 0.2) is 0 Å². The lowest BCUT2D eigenvalue weighted by Crippen LogP contribution is -2.05. The molecule has 0 aliphatic rings. The highest BCUT2D eigenvalue weighted by Gasteiger charge is 2.09. The number of halogens is 1. The molecule has 0 radical (unpaired) electrons. The van der Waals surface area contributed by atoms with Crippen LogP contribution in [0.1, 0.15) is 21.5 Å². The fourth-order valence-electron chi connectivity index (χ4n) is 2.41. The first-order valence-electron chi connectivity index (χ1n) is 8.39. The van der Waals surface area contributed by atoms with Gasteiger partial charge < -0.3 is 9.47 Å². The number of nitro groups is 1. The van der Waals surface area contributed by atoms with Gasteiger partial charge in [0, 0.05) is 12.1 Å². The Morgan fingerprint density at radius 3 is 2.14 bits per heavy atom. The van der Waals surface area contributed by atoms with Crippen molar-refractivity contribution in [1.29, 1.82) is 0 Å². The summed E-state index contributed by atoms with van der Waals surface area (Å²) in [7, 11) is 0. The molecule has 0 bridgehead atoms. The van der Waals surface area contributed by atoms with Crippen LogP contribution in [0.5, 0.6) is 5.75 Å². The summed E-state index contributed by atoms with van der Waals surface area (Å²) in [5.41, 5.74) is 1.95. The Bertz CT molecular complexity index is 971. The molecule has 0 unspecified atom stereocenters. The van der Waals surface area contributed by atoms with E-state index in [4.69, 9.17) is 21.1 Å². The molecule has 3 rings (SSSR count). The molecular weight excluding hydrogens is 382 g/mol. The van der Waals surface area contributed by atoms with E-state index in [-0.39, 0.29) is 12.3 Å². The Hall–Kier alpha value is -3.38. The van der Waals surface area contributed by atoms with Crippen LogP contribution in [-0.2, 0) is 18.0 Å². The normalized spacial score (nSPS) is 10.3. The van der Waals surface area contributed by atoms with Gasteiger partial charge >= 0.3 is 5.97 Å². The molecule has 0 saturated heterocycles. The zero-order valence-electron chi connectivity index (χ0n) is 14.7. The number of nitrogens with zero attached hydrogens (tertiary/aromatic N) is 1. The highest BCUT2D eigenvalue weighted by molar-refractivity contribution is 6.32. The van der Waals surface area contributed by atoms with Crippen molar-refractivity contribution in [3.8, 4) is 5.75 Å². The van der Waals surface area contributed by atoms with E-state index in [1.165, 1.54) is 12.1 Å². The first-order chi connectivity index (χ1) is 13.5. The third kappa shape index (κ3) is 5.08. The van der Waals surface area contributed by atoms with Crippen molar-refractivity contribution in [2.75, 3.05) is 0 Å². The molecule has 0 aliphatic carbocycles. The van der Waals surface area contributed by atoms with Crippen molar-refractivity contribution in [3.63, 3.8) is 0 Å². The SMILES string of the molecule is O=C(OCc1ccc([N+](=O)[O-])cc1)c1ccc(COc2ccccc2Cl)cc1. The van der Waals surface area contributed by atoms with Crippen LogP contribution >= 0.6 is 11.6 Å². The topological polar surface area (TPSA) is 78.7 Å². The predicted octanol–water partition coefficient (Wildman–Crippen LogP) is 5.18. The van der Waals surface area contributed by atoms with Crippen molar-refractivity contribution in [2.45, 2.75) is 13.2 Å². The van der Waals surface area contributed by atoms with Gasteiger partial charge in [0.2, 0.25) is 0 Å². The van der Waals surface area contributed by atoms with E-state index in [9.17, 15) is 14.9 Å². The Morgan fingerprint density at radius 1 is 0.893 bits per heavy atom. The van der Waals surface area contributed by atoms with Gasteiger partial charge in [-0.1, -0.05) is 35.9 Å². The molecule has 0 amide bonds. The van der Waals surface area contributed by atoms with Crippen LogP contribution in [0.4, 0.5) is 5.69 Å². The summed E-state index contributed by atoms with van der Waals surface area (Å²) in [5, 5.41) is 11.2. The largest absolute Gasteiger partial charge is 0.487 e. The van der Waals surface area contributed by atoms with Crippen LogP contribution in [0.25, 0.3) is 0 Å². The van der Waals surface area contributed by atoms with E-state index in [0.29, 0.717) is 28.5 Å². The minimum absolute atomic E-state index is 0.00956. The number of nitro benzene ring substituents is 1. The third-order valence-electron chi connectivity index (χ3n) is 3.94. The van der Waals surface area contributed by atoms with Gasteiger partial charge in [-0.15, -0.1) is 0 Å². The van der Waals surface area contributed by atoms with Gasteiger partial charge in [-0.05, 0) is 47.5 Å². The smallest absolute Gasteiger partial charge is 0.338 e. The van der Waals surface area contributed by atoms with Gasteiger partial charge in [-0.25, -0.2) is 4.79 Å². The molecule has 0 spiro atoms. The van der Waals surface area contributed by atoms with Gasteiger partial charge in [0.1, 0.15) is 19.0 Å². The number of hydrogen-bond acceptors (Lipinski definition) is 5. The number of hydrogen-bond donors (Lipinski definition) is 0. The number of carbonyl (C=O) groups excluding carboxylic acids is 1. The van der Waals surface area contributed by atoms with Crippen molar-refractivity contribution < 1.29 is 19.2 Å². The molecule has 0 saturated carbocycles. The maximum absolute atomic E-state index is 12.1. The van der Waals surface area contributed by atoms with Crippen molar-refractivity contribution in [1.82, 2.24) is 0 Å². The van der Waals surface area contributed by atoms with Crippen LogP contribution in [0.3, 0.4) is 0 Å². The molecule has 3 aromatic rings. The highest BCUT2D eigenvalue weighted by Crippen LogP contribution is 2.24. The predicted molar refractivity (Wildman–Crippen MR) is 104 cm³/mol. The molecule has 7 heteroatoms. The summed E-state index contributed by atoms with van der Waals surface area (Å²) in [6.45, 7) is 0.357. The van der Waals surface area contributed by atoms with Crippen LogP contribution < -0.4 is 4.74 Å². The molecule has 0 heterocycles. The second kappa shape index (κ2) is 9.01. The summed E-state index contributed by atoms with van der Waals surface area (Å²) in [4.78, 5) is 22.3. The van der Waals surface area contributed by atoms with Crippen LogP contribution in [-0.4, -0.2) is 10.9 Å². The summed E-state index contributed by atoms with van der Waals surface area (Å²) in [6, 6.07) is 19.9. The molecule has 0 atom stereocenters. The maximum atomic E-state index is 12.1. The Morgan fingerprint density at radius 2 is 1.50 bits per heavy atom. The lowest BCUT2D eigenvalue weighted by Gasteiger charge is -2.09. The average Bonchev–Trinajstić information content (AvgIpc) is 2.72. The Kier molecular flexibility index (Phi) is 6.24. The highest BCUT2D eigenvalue weighted by atomic mass is 35.5. The van der Waals surface area contributed by atoms with E-state index in [1.54, 1.807) is 48.5 Å².